The highest BCUT2D eigenvalue weighted by molar-refractivity contribution is 7.86. The topological polar surface area (TPSA) is 99.9 Å². The molecule has 0 amide bonds. The second-order valence-electron chi connectivity index (χ2n) is 7.92. The number of carbonyl (C=O) groups is 1. The van der Waals surface area contributed by atoms with Gasteiger partial charge in [0, 0.05) is 27.1 Å². The first-order valence-electron chi connectivity index (χ1n) is 10.2. The third-order valence-electron chi connectivity index (χ3n) is 5.54. The Morgan fingerprint density at radius 3 is 2.25 bits per heavy atom. The van der Waals surface area contributed by atoms with E-state index in [2.05, 4.69) is 6.07 Å². The van der Waals surface area contributed by atoms with Gasteiger partial charge < -0.3 is 9.47 Å². The molecular formula is C23H27N3O5S. The van der Waals surface area contributed by atoms with Crippen LogP contribution >= 0.6 is 0 Å². The smallest absolute Gasteiger partial charge is 0.305 e. The second kappa shape index (κ2) is 10.1. The number of carbonyl (C=O) groups excluding carboxylic acids is 1. The maximum atomic E-state index is 12.8. The van der Waals surface area contributed by atoms with Crippen LogP contribution < -0.4 is 4.74 Å². The number of nitrogens with zero attached hydrogens (tertiary/aromatic N) is 3. The summed E-state index contributed by atoms with van der Waals surface area (Å²) in [6, 6.07) is 16.5. The first-order chi connectivity index (χ1) is 15.2. The van der Waals surface area contributed by atoms with Gasteiger partial charge in [-0.15, -0.1) is 0 Å². The molecule has 1 saturated heterocycles. The Kier molecular flexibility index (Phi) is 7.51. The summed E-state index contributed by atoms with van der Waals surface area (Å²) in [5.41, 5.74) is 2.57. The number of hydrogen-bond donors (Lipinski definition) is 0. The maximum absolute atomic E-state index is 12.8. The fourth-order valence-electron chi connectivity index (χ4n) is 3.76. The van der Waals surface area contributed by atoms with E-state index in [1.54, 1.807) is 12.1 Å². The average molecular weight is 458 g/mol. The zero-order valence-electron chi connectivity index (χ0n) is 18.4. The Labute approximate surface area is 189 Å². The molecule has 1 fully saturated rings. The van der Waals surface area contributed by atoms with Crippen molar-refractivity contribution in [2.45, 2.75) is 18.9 Å². The monoisotopic (exact) mass is 457 g/mol. The van der Waals surface area contributed by atoms with Gasteiger partial charge in [0.15, 0.2) is 0 Å². The van der Waals surface area contributed by atoms with Crippen LogP contribution in [0.3, 0.4) is 0 Å². The minimum atomic E-state index is -3.64. The molecule has 0 aromatic heterocycles. The summed E-state index contributed by atoms with van der Waals surface area (Å²) >= 11 is 0. The molecule has 8 nitrogen and oxygen atoms in total. The van der Waals surface area contributed by atoms with Crippen LogP contribution in [0.1, 0.15) is 18.4 Å². The lowest BCUT2D eigenvalue weighted by molar-refractivity contribution is -0.141. The van der Waals surface area contributed by atoms with E-state index >= 15 is 0 Å². The van der Waals surface area contributed by atoms with Gasteiger partial charge >= 0.3 is 5.97 Å². The van der Waals surface area contributed by atoms with Gasteiger partial charge in [0.1, 0.15) is 12.4 Å². The lowest BCUT2D eigenvalue weighted by Gasteiger charge is -2.26. The van der Waals surface area contributed by atoms with Gasteiger partial charge in [-0.25, -0.2) is 0 Å². The number of rotatable bonds is 8. The van der Waals surface area contributed by atoms with Crippen molar-refractivity contribution in [1.29, 1.82) is 5.26 Å². The third kappa shape index (κ3) is 5.46. The number of esters is 1. The molecule has 0 N–H and O–H groups in total. The second-order valence-corrected chi connectivity index (χ2v) is 10.0. The molecular weight excluding hydrogens is 430 g/mol. The van der Waals surface area contributed by atoms with E-state index in [4.69, 9.17) is 14.7 Å². The Morgan fingerprint density at radius 2 is 1.72 bits per heavy atom. The highest BCUT2D eigenvalue weighted by Crippen LogP contribution is 2.30. The zero-order chi connectivity index (χ0) is 23.3. The summed E-state index contributed by atoms with van der Waals surface area (Å²) < 4.78 is 38.8. The van der Waals surface area contributed by atoms with Crippen LogP contribution in [-0.2, 0) is 19.7 Å². The van der Waals surface area contributed by atoms with E-state index in [9.17, 15) is 13.2 Å². The van der Waals surface area contributed by atoms with E-state index in [1.807, 2.05) is 36.4 Å². The highest BCUT2D eigenvalue weighted by atomic mass is 32.2. The van der Waals surface area contributed by atoms with Gasteiger partial charge in [-0.1, -0.05) is 24.3 Å². The lowest BCUT2D eigenvalue weighted by atomic mass is 10.0. The van der Waals surface area contributed by atoms with E-state index in [0.29, 0.717) is 17.7 Å². The predicted molar refractivity (Wildman–Crippen MR) is 120 cm³/mol. The Hall–Kier alpha value is -2.93. The molecule has 0 spiro atoms. The molecule has 9 heteroatoms. The summed E-state index contributed by atoms with van der Waals surface area (Å²) in [5, 5.41) is 8.92. The van der Waals surface area contributed by atoms with Gasteiger partial charge in [-0.05, 0) is 47.7 Å². The van der Waals surface area contributed by atoms with Crippen molar-refractivity contribution in [2.75, 3.05) is 34.4 Å². The molecule has 0 radical (unpaired) electrons. The summed E-state index contributed by atoms with van der Waals surface area (Å²) in [5.74, 6) is 0.155. The SMILES string of the molecule is COC(=O)C[C@@H]1C[C@@H](COc2ccc(-c3ccc(C#N)cc3)cc2)N(S(=O)(=O)N(C)C)C1. The van der Waals surface area contributed by atoms with Crippen LogP contribution in [0, 0.1) is 17.2 Å². The van der Waals surface area contributed by atoms with Crippen molar-refractivity contribution in [3.63, 3.8) is 0 Å². The first kappa shape index (κ1) is 23.7. The van der Waals surface area contributed by atoms with Crippen LogP contribution in [0.15, 0.2) is 48.5 Å². The molecule has 0 saturated carbocycles. The van der Waals surface area contributed by atoms with Gasteiger partial charge in [0.25, 0.3) is 10.2 Å². The van der Waals surface area contributed by atoms with Crippen molar-refractivity contribution < 1.29 is 22.7 Å². The molecule has 1 heterocycles. The van der Waals surface area contributed by atoms with Crippen molar-refractivity contribution in [1.82, 2.24) is 8.61 Å². The summed E-state index contributed by atoms with van der Waals surface area (Å²) in [4.78, 5) is 11.7. The van der Waals surface area contributed by atoms with E-state index < -0.39 is 10.2 Å². The molecule has 32 heavy (non-hydrogen) atoms. The molecule has 1 aliphatic heterocycles. The number of benzene rings is 2. The van der Waals surface area contributed by atoms with Crippen molar-refractivity contribution in [3.05, 3.63) is 54.1 Å². The minimum Gasteiger partial charge on any atom is -0.492 e. The molecule has 2 aromatic carbocycles. The molecule has 1 aliphatic rings. The molecule has 2 atom stereocenters. The summed E-state index contributed by atoms with van der Waals surface area (Å²) in [7, 11) is 0.662. The number of ether oxygens (including phenoxy) is 2. The van der Waals surface area contributed by atoms with E-state index in [-0.39, 0.29) is 37.5 Å². The van der Waals surface area contributed by atoms with Gasteiger partial charge in [0.2, 0.25) is 0 Å². The van der Waals surface area contributed by atoms with Crippen molar-refractivity contribution >= 4 is 16.2 Å². The number of hydrogen-bond acceptors (Lipinski definition) is 6. The fraction of sp³-hybridized carbons (Fsp3) is 0.391. The van der Waals surface area contributed by atoms with E-state index in [0.717, 1.165) is 11.1 Å². The van der Waals surface area contributed by atoms with Crippen molar-refractivity contribution in [2.24, 2.45) is 5.92 Å². The number of methoxy groups -OCH3 is 1. The minimum absolute atomic E-state index is 0.121. The highest BCUT2D eigenvalue weighted by Gasteiger charge is 2.41. The van der Waals surface area contributed by atoms with Gasteiger partial charge in [0.05, 0.1) is 24.8 Å². The lowest BCUT2D eigenvalue weighted by Crippen LogP contribution is -2.45. The molecule has 3 rings (SSSR count). The zero-order valence-corrected chi connectivity index (χ0v) is 19.2. The summed E-state index contributed by atoms with van der Waals surface area (Å²) in [6.45, 7) is 0.433. The molecule has 0 bridgehead atoms. The van der Waals surface area contributed by atoms with Crippen LogP contribution in [0.4, 0.5) is 0 Å². The van der Waals surface area contributed by atoms with Crippen LogP contribution in [0.25, 0.3) is 11.1 Å². The Balaban J connectivity index is 1.68. The van der Waals surface area contributed by atoms with E-state index in [1.165, 1.54) is 29.8 Å². The molecule has 0 unspecified atom stereocenters. The maximum Gasteiger partial charge on any atom is 0.305 e. The molecule has 0 aliphatic carbocycles. The normalized spacial score (nSPS) is 19.0. The van der Waals surface area contributed by atoms with Crippen LogP contribution in [0.5, 0.6) is 5.75 Å². The van der Waals surface area contributed by atoms with Crippen molar-refractivity contribution in [3.8, 4) is 22.9 Å². The fourth-order valence-corrected chi connectivity index (χ4v) is 5.11. The Morgan fingerprint density at radius 1 is 1.12 bits per heavy atom. The quantitative estimate of drug-likeness (QED) is 0.565. The third-order valence-corrected chi connectivity index (χ3v) is 7.50. The Bertz CT molecular complexity index is 1080. The molecule has 170 valence electrons. The predicted octanol–water partition coefficient (Wildman–Crippen LogP) is 2.66. The van der Waals surface area contributed by atoms with Gasteiger partial charge in [-0.2, -0.15) is 22.3 Å². The largest absolute Gasteiger partial charge is 0.492 e. The first-order valence-corrected chi connectivity index (χ1v) is 11.6. The number of nitriles is 1. The summed E-state index contributed by atoms with van der Waals surface area (Å²) in [6.07, 6.45) is 0.692. The van der Waals surface area contributed by atoms with Gasteiger partial charge in [-0.3, -0.25) is 4.79 Å². The average Bonchev–Trinajstić information content (AvgIpc) is 3.21. The van der Waals surface area contributed by atoms with Crippen LogP contribution in [-0.4, -0.2) is 63.4 Å². The molecule has 2 aromatic rings. The van der Waals surface area contributed by atoms with Crippen LogP contribution in [0.2, 0.25) is 0 Å². The standard InChI is InChI=1S/C23H27N3O5S/c1-25(2)32(28,29)26-15-18(13-23(27)30-3)12-21(26)16-31-22-10-8-20(9-11-22)19-6-4-17(14-24)5-7-19/h4-11,18,21H,12-13,15-16H2,1-3H3/t18-,21-/m0/s1.